The van der Waals surface area contributed by atoms with Crippen molar-refractivity contribution in [1.29, 1.82) is 5.41 Å². The zero-order valence-corrected chi connectivity index (χ0v) is 16.6. The third-order valence-corrected chi connectivity index (χ3v) is 12.0. The molecule has 22 heavy (non-hydrogen) atoms. The van der Waals surface area contributed by atoms with E-state index in [0.29, 0.717) is 0 Å². The molecule has 0 saturated carbocycles. The van der Waals surface area contributed by atoms with Gasteiger partial charge in [0.1, 0.15) is 0 Å². The van der Waals surface area contributed by atoms with Crippen LogP contribution in [0, 0.1) is 5.41 Å². The van der Waals surface area contributed by atoms with Gasteiger partial charge in [0.2, 0.25) is 9.04 Å². The summed E-state index contributed by atoms with van der Waals surface area (Å²) in [5, 5.41) is 9.84. The Morgan fingerprint density at radius 1 is 0.818 bits per heavy atom. The molecule has 0 aliphatic rings. The van der Waals surface area contributed by atoms with Gasteiger partial charge >= 0.3 is 8.56 Å². The molecule has 0 amide bonds. The van der Waals surface area contributed by atoms with E-state index in [1.54, 1.807) is 0 Å². The molecule has 0 radical (unpaired) electrons. The maximum absolute atomic E-state index is 7.59. The van der Waals surface area contributed by atoms with Crippen molar-refractivity contribution in [3.8, 4) is 0 Å². The van der Waals surface area contributed by atoms with Crippen LogP contribution in [0.5, 0.6) is 0 Å². The molecule has 0 aliphatic heterocycles. The standard InChI is InChI=1S/C16H23NO2Si3/c1-20(2)18-22(19-21(3)14-17,15-10-6-4-7-11-15)16-12-8-5-9-13-16/h4-14,17,20-21H,1-3H3. The molecule has 1 atom stereocenters. The van der Waals surface area contributed by atoms with E-state index in [2.05, 4.69) is 37.4 Å². The van der Waals surface area contributed by atoms with Crippen molar-refractivity contribution >= 4 is 42.9 Å². The second-order valence-electron chi connectivity index (χ2n) is 5.50. The van der Waals surface area contributed by atoms with Crippen molar-refractivity contribution in [2.75, 3.05) is 0 Å². The molecule has 0 spiro atoms. The molecule has 6 heteroatoms. The van der Waals surface area contributed by atoms with E-state index in [0.717, 1.165) is 10.4 Å². The minimum Gasteiger partial charge on any atom is -0.433 e. The summed E-state index contributed by atoms with van der Waals surface area (Å²) in [6, 6.07) is 20.5. The van der Waals surface area contributed by atoms with Gasteiger partial charge < -0.3 is 13.6 Å². The minimum absolute atomic E-state index is 1.13. The Balaban J connectivity index is 2.60. The Hall–Kier alpha value is -1.32. The fraction of sp³-hybridized carbons (Fsp3) is 0.188. The highest BCUT2D eigenvalue weighted by atomic mass is 28.5. The van der Waals surface area contributed by atoms with Crippen LogP contribution in [0.3, 0.4) is 0 Å². The topological polar surface area (TPSA) is 42.3 Å². The summed E-state index contributed by atoms with van der Waals surface area (Å²) >= 11 is 0. The summed E-state index contributed by atoms with van der Waals surface area (Å²) in [5.41, 5.74) is 0. The molecule has 116 valence electrons. The van der Waals surface area contributed by atoms with Crippen molar-refractivity contribution in [2.24, 2.45) is 0 Å². The molecule has 0 heterocycles. The van der Waals surface area contributed by atoms with E-state index in [4.69, 9.17) is 13.6 Å². The first-order valence-corrected chi connectivity index (χ1v) is 14.4. The molecular weight excluding hydrogens is 322 g/mol. The number of hydrogen-bond acceptors (Lipinski definition) is 3. The molecule has 0 aromatic heterocycles. The van der Waals surface area contributed by atoms with Gasteiger partial charge in [0, 0.05) is 5.84 Å². The van der Waals surface area contributed by atoms with Crippen LogP contribution < -0.4 is 10.4 Å². The summed E-state index contributed by atoms with van der Waals surface area (Å²) in [4.78, 5) is 0. The predicted molar refractivity (Wildman–Crippen MR) is 101 cm³/mol. The van der Waals surface area contributed by atoms with Crippen molar-refractivity contribution in [2.45, 2.75) is 19.6 Å². The first kappa shape index (κ1) is 17.0. The van der Waals surface area contributed by atoms with Crippen molar-refractivity contribution in [3.63, 3.8) is 0 Å². The molecule has 2 aromatic carbocycles. The zero-order valence-electron chi connectivity index (χ0n) is 13.3. The second kappa shape index (κ2) is 7.80. The number of rotatable bonds is 7. The Morgan fingerprint density at radius 3 is 1.64 bits per heavy atom. The van der Waals surface area contributed by atoms with Gasteiger partial charge in [-0.15, -0.1) is 0 Å². The smallest absolute Gasteiger partial charge is 0.386 e. The third-order valence-electron chi connectivity index (χ3n) is 3.30. The molecule has 0 saturated heterocycles. The van der Waals surface area contributed by atoms with Crippen LogP contribution in [0.4, 0.5) is 0 Å². The quantitative estimate of drug-likeness (QED) is 0.614. The summed E-state index contributed by atoms with van der Waals surface area (Å²) < 4.78 is 13.1. The molecule has 0 fully saturated rings. The molecule has 0 bridgehead atoms. The van der Waals surface area contributed by atoms with Gasteiger partial charge in [0.15, 0.2) is 9.04 Å². The lowest BCUT2D eigenvalue weighted by Gasteiger charge is -2.35. The van der Waals surface area contributed by atoms with E-state index in [1.807, 2.05) is 42.9 Å². The molecule has 1 N–H and O–H groups in total. The largest absolute Gasteiger partial charge is 0.433 e. The Labute approximate surface area is 137 Å². The summed E-state index contributed by atoms with van der Waals surface area (Å²) in [6.45, 7) is 6.38. The van der Waals surface area contributed by atoms with E-state index in [1.165, 1.54) is 5.84 Å². The number of benzene rings is 2. The average molecular weight is 346 g/mol. The van der Waals surface area contributed by atoms with Gasteiger partial charge in [-0.05, 0) is 30.0 Å². The zero-order chi connectivity index (χ0) is 16.0. The molecule has 0 aliphatic carbocycles. The van der Waals surface area contributed by atoms with Crippen LogP contribution in [0.15, 0.2) is 60.7 Å². The van der Waals surface area contributed by atoms with Crippen LogP contribution in [-0.4, -0.2) is 32.5 Å². The summed E-state index contributed by atoms with van der Waals surface area (Å²) in [5.74, 6) is 1.47. The highest BCUT2D eigenvalue weighted by Gasteiger charge is 2.43. The molecule has 2 rings (SSSR count). The van der Waals surface area contributed by atoms with E-state index >= 15 is 0 Å². The first-order valence-electron chi connectivity index (χ1n) is 7.56. The third kappa shape index (κ3) is 3.90. The summed E-state index contributed by atoms with van der Waals surface area (Å²) in [6.07, 6.45) is 0. The fourth-order valence-electron chi connectivity index (χ4n) is 2.41. The maximum Gasteiger partial charge on any atom is 0.386 e. The molecular formula is C16H23NO2Si3. The Morgan fingerprint density at radius 2 is 1.27 bits per heavy atom. The van der Waals surface area contributed by atoms with Crippen LogP contribution in [-0.2, 0) is 8.23 Å². The van der Waals surface area contributed by atoms with Gasteiger partial charge in [0.05, 0.1) is 0 Å². The number of nitrogens with one attached hydrogen (secondary N) is 1. The van der Waals surface area contributed by atoms with Crippen LogP contribution >= 0.6 is 0 Å². The highest BCUT2D eigenvalue weighted by molar-refractivity contribution is 7.01. The van der Waals surface area contributed by atoms with Crippen LogP contribution in [0.25, 0.3) is 0 Å². The minimum atomic E-state index is -2.72. The van der Waals surface area contributed by atoms with Crippen molar-refractivity contribution in [1.82, 2.24) is 0 Å². The fourth-order valence-corrected chi connectivity index (χ4v) is 11.9. The normalized spacial score (nSPS) is 13.1. The lowest BCUT2D eigenvalue weighted by Crippen LogP contribution is -2.66. The predicted octanol–water partition coefficient (Wildman–Crippen LogP) is 1.80. The lowest BCUT2D eigenvalue weighted by atomic mass is 10.4. The van der Waals surface area contributed by atoms with Crippen LogP contribution in [0.2, 0.25) is 19.6 Å². The van der Waals surface area contributed by atoms with Gasteiger partial charge in [-0.3, -0.25) is 0 Å². The molecule has 1 unspecified atom stereocenters. The monoisotopic (exact) mass is 345 g/mol. The van der Waals surface area contributed by atoms with E-state index in [9.17, 15) is 0 Å². The number of hydrogen-bond donors (Lipinski definition) is 1. The first-order chi connectivity index (χ1) is 10.6. The van der Waals surface area contributed by atoms with E-state index < -0.39 is 26.6 Å². The van der Waals surface area contributed by atoms with Gasteiger partial charge in [0.25, 0.3) is 0 Å². The SMILES string of the molecule is C[SiH](C)O[Si](O[SiH](C)C=N)(c1ccccc1)c1ccccc1. The maximum atomic E-state index is 7.59. The molecule has 2 aromatic rings. The van der Waals surface area contributed by atoms with Crippen molar-refractivity contribution in [3.05, 3.63) is 60.7 Å². The second-order valence-corrected chi connectivity index (χ2v) is 13.6. The van der Waals surface area contributed by atoms with Gasteiger partial charge in [-0.1, -0.05) is 60.7 Å². The van der Waals surface area contributed by atoms with Crippen LogP contribution in [0.1, 0.15) is 0 Å². The van der Waals surface area contributed by atoms with E-state index in [-0.39, 0.29) is 0 Å². The van der Waals surface area contributed by atoms with Gasteiger partial charge in [-0.2, -0.15) is 0 Å². The summed E-state index contributed by atoms with van der Waals surface area (Å²) in [7, 11) is -5.75. The lowest BCUT2D eigenvalue weighted by molar-refractivity contribution is 0.438. The average Bonchev–Trinajstić information content (AvgIpc) is 2.55. The van der Waals surface area contributed by atoms with Crippen molar-refractivity contribution < 1.29 is 8.23 Å². The Bertz CT molecular complexity index is 553. The molecule has 3 nitrogen and oxygen atoms in total. The van der Waals surface area contributed by atoms with Gasteiger partial charge in [-0.25, -0.2) is 0 Å². The highest BCUT2D eigenvalue weighted by Crippen LogP contribution is 2.13. The Kier molecular flexibility index (Phi) is 6.04.